The molecule has 2 amide bonds. The smallest absolute Gasteiger partial charge is 0.330 e. The first-order valence-electron chi connectivity index (χ1n) is 10.1. The Balaban J connectivity index is 1.85. The lowest BCUT2D eigenvalue weighted by molar-refractivity contribution is -0.117. The summed E-state index contributed by atoms with van der Waals surface area (Å²) in [5.41, 5.74) is 4.07. The van der Waals surface area contributed by atoms with Crippen LogP contribution in [0.5, 0.6) is 5.75 Å². The van der Waals surface area contributed by atoms with Crippen LogP contribution in [0.2, 0.25) is 0 Å². The number of hydrogen-bond acceptors (Lipinski definition) is 5. The highest BCUT2D eigenvalue weighted by Crippen LogP contribution is 2.13. The molecular weight excluding hydrogens is 400 g/mol. The van der Waals surface area contributed by atoms with Crippen molar-refractivity contribution in [1.82, 2.24) is 20.0 Å². The molecule has 0 saturated heterocycles. The molecule has 0 spiro atoms. The van der Waals surface area contributed by atoms with Crippen molar-refractivity contribution >= 4 is 17.9 Å². The molecule has 2 aromatic rings. The monoisotopic (exact) mass is 428 g/mol. The van der Waals surface area contributed by atoms with Crippen LogP contribution >= 0.6 is 0 Å². The molecule has 0 bridgehead atoms. The highest BCUT2D eigenvalue weighted by atomic mass is 16.5. The van der Waals surface area contributed by atoms with Crippen LogP contribution in [0.15, 0.2) is 46.1 Å². The van der Waals surface area contributed by atoms with Crippen molar-refractivity contribution in [3.05, 3.63) is 68.5 Å². The number of benzene rings is 1. The zero-order valence-corrected chi connectivity index (χ0v) is 18.0. The van der Waals surface area contributed by atoms with E-state index in [4.69, 9.17) is 4.74 Å². The molecule has 1 aromatic carbocycles. The number of rotatable bonds is 9. The number of aryl methyl sites for hydroxylation is 1. The Morgan fingerprint density at radius 3 is 2.42 bits per heavy atom. The molecule has 1 heterocycles. The fourth-order valence-corrected chi connectivity index (χ4v) is 2.77. The summed E-state index contributed by atoms with van der Waals surface area (Å²) in [6.07, 6.45) is 8.17. The molecule has 31 heavy (non-hydrogen) atoms. The third-order valence-electron chi connectivity index (χ3n) is 4.57. The minimum atomic E-state index is -0.628. The first kappa shape index (κ1) is 23.7. The molecule has 2 rings (SSSR count). The number of hydrazine groups is 1. The number of ether oxygens (including phenoxy) is 1. The minimum absolute atomic E-state index is 0.163. The number of carbonyl (C=O) groups excluding carboxylic acids is 2. The Labute approximate surface area is 180 Å². The number of carbonyl (C=O) groups is 2. The van der Waals surface area contributed by atoms with Crippen molar-refractivity contribution in [2.75, 3.05) is 6.61 Å². The number of hydrogen-bond donors (Lipinski definition) is 2. The van der Waals surface area contributed by atoms with Crippen LogP contribution in [0.1, 0.15) is 48.5 Å². The van der Waals surface area contributed by atoms with E-state index in [1.165, 1.54) is 43.8 Å². The fourth-order valence-electron chi connectivity index (χ4n) is 2.77. The second-order valence-electron chi connectivity index (χ2n) is 7.05. The first-order valence-corrected chi connectivity index (χ1v) is 10.1. The molecule has 9 nitrogen and oxygen atoms in total. The molecule has 0 aliphatic carbocycles. The standard InChI is InChI=1S/C22H28N4O5/c1-4-5-6-7-14-31-18-11-8-16(9-12-18)20(28)24-23-19(27)13-10-17-15-25(2)22(30)26(3)21(17)29/h8-13,15H,4-7,14H2,1-3H3,(H,23,27)(H,24,28)/b13-10+. The van der Waals surface area contributed by atoms with E-state index in [0.29, 0.717) is 17.9 Å². The molecular formula is C22H28N4O5. The third kappa shape index (κ3) is 6.98. The van der Waals surface area contributed by atoms with Crippen LogP contribution in [0.3, 0.4) is 0 Å². The van der Waals surface area contributed by atoms with E-state index in [2.05, 4.69) is 17.8 Å². The second-order valence-corrected chi connectivity index (χ2v) is 7.05. The Morgan fingerprint density at radius 2 is 1.74 bits per heavy atom. The van der Waals surface area contributed by atoms with Gasteiger partial charge in [0.25, 0.3) is 17.4 Å². The highest BCUT2D eigenvalue weighted by molar-refractivity contribution is 5.97. The van der Waals surface area contributed by atoms with Gasteiger partial charge in [-0.3, -0.25) is 29.8 Å². The summed E-state index contributed by atoms with van der Waals surface area (Å²) in [6, 6.07) is 6.61. The van der Waals surface area contributed by atoms with Crippen molar-refractivity contribution in [2.45, 2.75) is 32.6 Å². The fraction of sp³-hybridized carbons (Fsp3) is 0.364. The van der Waals surface area contributed by atoms with Crippen LogP contribution in [-0.2, 0) is 18.9 Å². The molecule has 0 radical (unpaired) electrons. The van der Waals surface area contributed by atoms with Gasteiger partial charge < -0.3 is 9.30 Å². The Morgan fingerprint density at radius 1 is 1.03 bits per heavy atom. The van der Waals surface area contributed by atoms with Crippen molar-refractivity contribution in [1.29, 1.82) is 0 Å². The lowest BCUT2D eigenvalue weighted by Gasteiger charge is -2.08. The average molecular weight is 428 g/mol. The molecule has 0 fully saturated rings. The summed E-state index contributed by atoms with van der Waals surface area (Å²) >= 11 is 0. The summed E-state index contributed by atoms with van der Waals surface area (Å²) in [7, 11) is 2.85. The van der Waals surface area contributed by atoms with Gasteiger partial charge in [-0.2, -0.15) is 0 Å². The van der Waals surface area contributed by atoms with Gasteiger partial charge in [0.1, 0.15) is 5.75 Å². The lowest BCUT2D eigenvalue weighted by Crippen LogP contribution is -2.41. The number of amides is 2. The van der Waals surface area contributed by atoms with E-state index in [9.17, 15) is 19.2 Å². The molecule has 0 atom stereocenters. The van der Waals surface area contributed by atoms with Gasteiger partial charge in [0, 0.05) is 31.9 Å². The van der Waals surface area contributed by atoms with Crippen LogP contribution < -0.4 is 26.8 Å². The summed E-state index contributed by atoms with van der Waals surface area (Å²) in [6.45, 7) is 2.78. The number of nitrogens with one attached hydrogen (secondary N) is 2. The van der Waals surface area contributed by atoms with Crippen molar-refractivity contribution < 1.29 is 14.3 Å². The largest absolute Gasteiger partial charge is 0.494 e. The summed E-state index contributed by atoms with van der Waals surface area (Å²) in [5, 5.41) is 0. The van der Waals surface area contributed by atoms with Crippen LogP contribution in [0.4, 0.5) is 0 Å². The predicted octanol–water partition coefficient (Wildman–Crippen LogP) is 1.52. The first-order chi connectivity index (χ1) is 14.8. The molecule has 2 N–H and O–H groups in total. The van der Waals surface area contributed by atoms with Crippen LogP contribution in [0, 0.1) is 0 Å². The van der Waals surface area contributed by atoms with Crippen molar-refractivity contribution in [3.63, 3.8) is 0 Å². The van der Waals surface area contributed by atoms with Crippen molar-refractivity contribution in [3.8, 4) is 5.75 Å². The Kier molecular flexibility index (Phi) is 8.80. The van der Waals surface area contributed by atoms with E-state index >= 15 is 0 Å². The quantitative estimate of drug-likeness (QED) is 0.357. The second kappa shape index (κ2) is 11.5. The van der Waals surface area contributed by atoms with Gasteiger partial charge in [-0.25, -0.2) is 4.79 Å². The van der Waals surface area contributed by atoms with Gasteiger partial charge in [0.15, 0.2) is 0 Å². The molecule has 166 valence electrons. The van der Waals surface area contributed by atoms with Gasteiger partial charge >= 0.3 is 5.69 Å². The average Bonchev–Trinajstić information content (AvgIpc) is 2.77. The number of unbranched alkanes of at least 4 members (excludes halogenated alkanes) is 3. The molecule has 0 unspecified atom stereocenters. The summed E-state index contributed by atoms with van der Waals surface area (Å²) in [4.78, 5) is 47.8. The molecule has 1 aromatic heterocycles. The summed E-state index contributed by atoms with van der Waals surface area (Å²) in [5.74, 6) is -0.440. The zero-order valence-electron chi connectivity index (χ0n) is 18.0. The van der Waals surface area contributed by atoms with E-state index in [1.54, 1.807) is 24.3 Å². The van der Waals surface area contributed by atoms with Crippen molar-refractivity contribution in [2.24, 2.45) is 14.1 Å². The van der Waals surface area contributed by atoms with Gasteiger partial charge in [-0.15, -0.1) is 0 Å². The normalized spacial score (nSPS) is 10.8. The topological polar surface area (TPSA) is 111 Å². The molecule has 9 heteroatoms. The maximum atomic E-state index is 12.2. The van der Waals surface area contributed by atoms with E-state index in [1.807, 2.05) is 0 Å². The molecule has 0 aliphatic rings. The van der Waals surface area contributed by atoms with Crippen LogP contribution in [-0.4, -0.2) is 27.6 Å². The lowest BCUT2D eigenvalue weighted by atomic mass is 10.2. The van der Waals surface area contributed by atoms with E-state index in [0.717, 1.165) is 23.5 Å². The van der Waals surface area contributed by atoms with Gasteiger partial charge in [-0.05, 0) is 36.8 Å². The van der Waals surface area contributed by atoms with E-state index in [-0.39, 0.29) is 5.56 Å². The van der Waals surface area contributed by atoms with Gasteiger partial charge in [0.2, 0.25) is 0 Å². The highest BCUT2D eigenvalue weighted by Gasteiger charge is 2.08. The number of nitrogens with zero attached hydrogens (tertiary/aromatic N) is 2. The third-order valence-corrected chi connectivity index (χ3v) is 4.57. The Hall–Kier alpha value is -3.62. The predicted molar refractivity (Wildman–Crippen MR) is 118 cm³/mol. The van der Waals surface area contributed by atoms with Gasteiger partial charge in [0.05, 0.1) is 12.2 Å². The zero-order chi connectivity index (χ0) is 22.8. The Bertz CT molecular complexity index is 1050. The SMILES string of the molecule is CCCCCCOc1ccc(C(=O)NNC(=O)/C=C/c2cn(C)c(=O)n(C)c2=O)cc1. The van der Waals surface area contributed by atoms with E-state index < -0.39 is 23.1 Å². The van der Waals surface area contributed by atoms with Gasteiger partial charge in [-0.1, -0.05) is 26.2 Å². The maximum absolute atomic E-state index is 12.2. The molecule has 0 aliphatic heterocycles. The maximum Gasteiger partial charge on any atom is 0.330 e. The molecule has 0 saturated carbocycles. The van der Waals surface area contributed by atoms with Crippen LogP contribution in [0.25, 0.3) is 6.08 Å². The summed E-state index contributed by atoms with van der Waals surface area (Å²) < 4.78 is 7.81. The minimum Gasteiger partial charge on any atom is -0.494 e. The number of aromatic nitrogens is 2.